The molecule has 0 radical (unpaired) electrons. The third kappa shape index (κ3) is 4.40. The summed E-state index contributed by atoms with van der Waals surface area (Å²) in [7, 11) is 0. The van der Waals surface area contributed by atoms with Gasteiger partial charge in [-0.3, -0.25) is 4.90 Å². The van der Waals surface area contributed by atoms with Gasteiger partial charge in [-0.1, -0.05) is 5.16 Å². The van der Waals surface area contributed by atoms with Crippen LogP contribution in [0.2, 0.25) is 0 Å². The topological polar surface area (TPSA) is 72.9 Å². The fourth-order valence-electron chi connectivity index (χ4n) is 4.39. The van der Waals surface area contributed by atoms with E-state index in [2.05, 4.69) is 55.7 Å². The lowest BCUT2D eigenvalue weighted by Crippen LogP contribution is -2.36. The molecule has 0 aromatic carbocycles. The van der Waals surface area contributed by atoms with E-state index in [0.29, 0.717) is 12.0 Å². The van der Waals surface area contributed by atoms with Crippen molar-refractivity contribution in [2.24, 2.45) is 5.92 Å². The smallest absolute Gasteiger partial charge is 0.143 e. The molecule has 7 heteroatoms. The maximum absolute atomic E-state index is 5.30. The quantitative estimate of drug-likeness (QED) is 0.630. The van der Waals surface area contributed by atoms with Crippen LogP contribution in [0.3, 0.4) is 0 Å². The number of piperidine rings is 1. The first-order valence-electron chi connectivity index (χ1n) is 10.5. The fourth-order valence-corrected chi connectivity index (χ4v) is 4.39. The molecule has 1 fully saturated rings. The summed E-state index contributed by atoms with van der Waals surface area (Å²) >= 11 is 0. The van der Waals surface area contributed by atoms with Crippen LogP contribution in [0.1, 0.15) is 55.7 Å². The lowest BCUT2D eigenvalue weighted by Gasteiger charge is -2.32. The van der Waals surface area contributed by atoms with Crippen molar-refractivity contribution in [1.29, 1.82) is 0 Å². The van der Waals surface area contributed by atoms with Crippen molar-refractivity contribution in [3.8, 4) is 11.3 Å². The van der Waals surface area contributed by atoms with Gasteiger partial charge in [-0.05, 0) is 65.5 Å². The van der Waals surface area contributed by atoms with Gasteiger partial charge in [-0.15, -0.1) is 0 Å². The van der Waals surface area contributed by atoms with E-state index in [1.165, 1.54) is 12.8 Å². The molecule has 1 aliphatic heterocycles. The number of aromatic nitrogens is 5. The first-order valence-corrected chi connectivity index (χ1v) is 10.5. The Hall–Kier alpha value is -2.54. The molecule has 0 saturated carbocycles. The summed E-state index contributed by atoms with van der Waals surface area (Å²) in [6.45, 7) is 11.4. The molecule has 4 heterocycles. The number of rotatable bonds is 6. The highest BCUT2D eigenvalue weighted by Gasteiger charge is 2.23. The molecule has 1 saturated heterocycles. The number of nitrogens with zero attached hydrogens (tertiary/aromatic N) is 6. The molecule has 1 aliphatic rings. The van der Waals surface area contributed by atoms with E-state index in [0.717, 1.165) is 60.3 Å². The van der Waals surface area contributed by atoms with Crippen LogP contribution in [0, 0.1) is 19.8 Å². The Morgan fingerprint density at radius 2 is 2.07 bits per heavy atom. The van der Waals surface area contributed by atoms with Crippen molar-refractivity contribution in [2.45, 2.75) is 59.5 Å². The molecule has 0 spiro atoms. The van der Waals surface area contributed by atoms with Crippen LogP contribution in [0.25, 0.3) is 11.3 Å². The molecule has 0 bridgehead atoms. The first-order chi connectivity index (χ1) is 14.0. The van der Waals surface area contributed by atoms with Crippen LogP contribution >= 0.6 is 0 Å². The first kappa shape index (κ1) is 19.8. The summed E-state index contributed by atoms with van der Waals surface area (Å²) in [5.74, 6) is 2.55. The zero-order valence-electron chi connectivity index (χ0n) is 17.8. The molecule has 0 N–H and O–H groups in total. The van der Waals surface area contributed by atoms with Gasteiger partial charge in [0, 0.05) is 30.7 Å². The predicted octanol–water partition coefficient (Wildman–Crippen LogP) is 3.98. The Kier molecular flexibility index (Phi) is 5.76. The molecule has 7 nitrogen and oxygen atoms in total. The monoisotopic (exact) mass is 394 g/mol. The van der Waals surface area contributed by atoms with Crippen molar-refractivity contribution in [3.63, 3.8) is 0 Å². The zero-order valence-corrected chi connectivity index (χ0v) is 17.8. The van der Waals surface area contributed by atoms with E-state index < -0.39 is 0 Å². The molecule has 4 rings (SSSR count). The molecule has 29 heavy (non-hydrogen) atoms. The normalized spacial score (nSPS) is 17.9. The second kappa shape index (κ2) is 8.45. The SMILES string of the molecule is Cc1noc(C)c1-c1cc(CC2CCCN(Cc3nccn3C(C)C)C2)ncn1. The van der Waals surface area contributed by atoms with Gasteiger partial charge in [0.05, 0.1) is 23.5 Å². The van der Waals surface area contributed by atoms with Crippen molar-refractivity contribution in [2.75, 3.05) is 13.1 Å². The second-order valence-corrected chi connectivity index (χ2v) is 8.39. The van der Waals surface area contributed by atoms with Crippen LogP contribution in [0.5, 0.6) is 0 Å². The molecule has 3 aromatic heterocycles. The number of likely N-dealkylation sites (tertiary alicyclic amines) is 1. The minimum absolute atomic E-state index is 0.442. The van der Waals surface area contributed by atoms with Crippen molar-refractivity contribution >= 4 is 0 Å². The average Bonchev–Trinajstić information content (AvgIpc) is 3.28. The Morgan fingerprint density at radius 1 is 1.21 bits per heavy atom. The minimum atomic E-state index is 0.442. The van der Waals surface area contributed by atoms with E-state index in [-0.39, 0.29) is 0 Å². The molecule has 0 amide bonds. The average molecular weight is 395 g/mol. The van der Waals surface area contributed by atoms with Gasteiger partial charge in [-0.2, -0.15) is 0 Å². The Bertz CT molecular complexity index is 940. The second-order valence-electron chi connectivity index (χ2n) is 8.39. The summed E-state index contributed by atoms with van der Waals surface area (Å²) < 4.78 is 7.57. The van der Waals surface area contributed by atoms with Gasteiger partial charge < -0.3 is 9.09 Å². The molecular formula is C22H30N6O. The van der Waals surface area contributed by atoms with E-state index in [4.69, 9.17) is 4.52 Å². The highest BCUT2D eigenvalue weighted by molar-refractivity contribution is 5.63. The standard InChI is InChI=1S/C22H30N6O/c1-15(2)28-9-7-23-21(28)13-27-8-5-6-18(12-27)10-19-11-20(25-14-24-19)22-16(3)26-29-17(22)4/h7,9,11,14-15,18H,5-6,8,10,12-13H2,1-4H3. The summed E-state index contributed by atoms with van der Waals surface area (Å²) in [6.07, 6.45) is 9.08. The van der Waals surface area contributed by atoms with E-state index in [1.807, 2.05) is 20.0 Å². The molecule has 1 atom stereocenters. The highest BCUT2D eigenvalue weighted by Crippen LogP contribution is 2.27. The zero-order chi connectivity index (χ0) is 20.4. The van der Waals surface area contributed by atoms with Crippen molar-refractivity contribution < 1.29 is 4.52 Å². The van der Waals surface area contributed by atoms with Gasteiger partial charge in [0.15, 0.2) is 0 Å². The van der Waals surface area contributed by atoms with Gasteiger partial charge >= 0.3 is 0 Å². The van der Waals surface area contributed by atoms with E-state index in [9.17, 15) is 0 Å². The summed E-state index contributed by atoms with van der Waals surface area (Å²) in [5.41, 5.74) is 3.85. The maximum Gasteiger partial charge on any atom is 0.143 e. The van der Waals surface area contributed by atoms with Gasteiger partial charge in [-0.25, -0.2) is 15.0 Å². The van der Waals surface area contributed by atoms with Gasteiger partial charge in [0.1, 0.15) is 17.9 Å². The maximum atomic E-state index is 5.30. The summed E-state index contributed by atoms with van der Waals surface area (Å²) in [5, 5.41) is 4.05. The molecule has 154 valence electrons. The molecule has 0 aliphatic carbocycles. The molecular weight excluding hydrogens is 364 g/mol. The Balaban J connectivity index is 1.43. The minimum Gasteiger partial charge on any atom is -0.361 e. The predicted molar refractivity (Wildman–Crippen MR) is 111 cm³/mol. The lowest BCUT2D eigenvalue weighted by molar-refractivity contribution is 0.160. The highest BCUT2D eigenvalue weighted by atomic mass is 16.5. The number of hydrogen-bond donors (Lipinski definition) is 0. The molecule has 3 aromatic rings. The summed E-state index contributed by atoms with van der Waals surface area (Å²) in [6, 6.07) is 2.54. The third-order valence-electron chi connectivity index (χ3n) is 5.78. The van der Waals surface area contributed by atoms with Crippen LogP contribution in [0.15, 0.2) is 29.3 Å². The fraction of sp³-hybridized carbons (Fsp3) is 0.545. The van der Waals surface area contributed by atoms with Gasteiger partial charge in [0.2, 0.25) is 0 Å². The Labute approximate surface area is 172 Å². The third-order valence-corrected chi connectivity index (χ3v) is 5.78. The van der Waals surface area contributed by atoms with Crippen LogP contribution < -0.4 is 0 Å². The van der Waals surface area contributed by atoms with Crippen LogP contribution in [-0.2, 0) is 13.0 Å². The number of hydrogen-bond acceptors (Lipinski definition) is 6. The van der Waals surface area contributed by atoms with Crippen LogP contribution in [-0.4, -0.2) is 42.7 Å². The number of imidazole rings is 1. The van der Waals surface area contributed by atoms with Crippen molar-refractivity contribution in [1.82, 2.24) is 29.6 Å². The summed E-state index contributed by atoms with van der Waals surface area (Å²) in [4.78, 5) is 16.1. The molecule has 1 unspecified atom stereocenters. The Morgan fingerprint density at radius 3 is 2.83 bits per heavy atom. The lowest BCUT2D eigenvalue weighted by atomic mass is 9.93. The van der Waals surface area contributed by atoms with E-state index in [1.54, 1.807) is 6.33 Å². The van der Waals surface area contributed by atoms with E-state index >= 15 is 0 Å². The number of aryl methyl sites for hydroxylation is 2. The largest absolute Gasteiger partial charge is 0.361 e. The van der Waals surface area contributed by atoms with Crippen molar-refractivity contribution in [3.05, 3.63) is 47.8 Å². The van der Waals surface area contributed by atoms with Crippen LogP contribution in [0.4, 0.5) is 0 Å². The van der Waals surface area contributed by atoms with Gasteiger partial charge in [0.25, 0.3) is 0 Å².